The number of carbonyl (C=O) groups excluding carboxylic acids is 1. The molecular weight excluding hydrogens is 346 g/mol. The maximum Gasteiger partial charge on any atom is 0.256 e. The fourth-order valence-corrected chi connectivity index (χ4v) is 3.03. The number of nitriles is 1. The Labute approximate surface area is 166 Å². The van der Waals surface area contributed by atoms with Gasteiger partial charge in [0.15, 0.2) is 0 Å². The van der Waals surface area contributed by atoms with Crippen molar-refractivity contribution in [1.82, 2.24) is 4.90 Å². The number of hydrogen-bond acceptors (Lipinski definition) is 3. The molecule has 0 aromatic heterocycles. The van der Waals surface area contributed by atoms with E-state index >= 15 is 0 Å². The quantitative estimate of drug-likeness (QED) is 0.606. The SMILES string of the molecule is N#CCCN(CCc1ccccc1)C(=O)c1ccccc1Nc1ccccc1. The molecule has 140 valence electrons. The minimum atomic E-state index is -0.0646. The van der Waals surface area contributed by atoms with Gasteiger partial charge < -0.3 is 10.2 Å². The van der Waals surface area contributed by atoms with E-state index in [0.717, 1.165) is 17.8 Å². The second-order valence-electron chi connectivity index (χ2n) is 6.47. The maximum atomic E-state index is 13.3. The van der Waals surface area contributed by atoms with Crippen molar-refractivity contribution in [3.8, 4) is 6.07 Å². The van der Waals surface area contributed by atoms with Crippen molar-refractivity contribution < 1.29 is 4.79 Å². The molecule has 0 fully saturated rings. The normalized spacial score (nSPS) is 10.1. The summed E-state index contributed by atoms with van der Waals surface area (Å²) in [6.07, 6.45) is 1.07. The summed E-state index contributed by atoms with van der Waals surface area (Å²) in [5, 5.41) is 12.3. The molecule has 0 aliphatic heterocycles. The minimum absolute atomic E-state index is 0.0646. The number of nitrogens with zero attached hydrogens (tertiary/aromatic N) is 2. The van der Waals surface area contributed by atoms with E-state index in [1.165, 1.54) is 5.56 Å². The topological polar surface area (TPSA) is 56.1 Å². The molecule has 0 saturated heterocycles. The molecule has 3 aromatic rings. The smallest absolute Gasteiger partial charge is 0.256 e. The van der Waals surface area contributed by atoms with Crippen LogP contribution in [0, 0.1) is 11.3 Å². The molecule has 0 spiro atoms. The third-order valence-corrected chi connectivity index (χ3v) is 4.50. The lowest BCUT2D eigenvalue weighted by Gasteiger charge is -2.23. The summed E-state index contributed by atoms with van der Waals surface area (Å²) < 4.78 is 0. The Balaban J connectivity index is 1.79. The molecule has 3 rings (SSSR count). The summed E-state index contributed by atoms with van der Waals surface area (Å²) in [6, 6.07) is 29.5. The fraction of sp³-hybridized carbons (Fsp3) is 0.167. The lowest BCUT2D eigenvalue weighted by atomic mass is 10.1. The average Bonchev–Trinajstić information content (AvgIpc) is 2.75. The number of nitrogens with one attached hydrogen (secondary N) is 1. The maximum absolute atomic E-state index is 13.3. The molecule has 0 heterocycles. The molecule has 0 unspecified atom stereocenters. The predicted octanol–water partition coefficient (Wildman–Crippen LogP) is 5.03. The first-order valence-corrected chi connectivity index (χ1v) is 9.39. The third-order valence-electron chi connectivity index (χ3n) is 4.50. The lowest BCUT2D eigenvalue weighted by Crippen LogP contribution is -2.34. The van der Waals surface area contributed by atoms with Gasteiger partial charge in [-0.05, 0) is 36.2 Å². The van der Waals surface area contributed by atoms with Crippen LogP contribution in [0.3, 0.4) is 0 Å². The van der Waals surface area contributed by atoms with Crippen molar-refractivity contribution in [3.63, 3.8) is 0 Å². The fourth-order valence-electron chi connectivity index (χ4n) is 3.03. The Kier molecular flexibility index (Phi) is 6.81. The standard InChI is InChI=1S/C24H23N3O/c25-17-9-18-27(19-16-20-10-3-1-4-11-20)24(28)22-14-7-8-15-23(22)26-21-12-5-2-6-13-21/h1-8,10-15,26H,9,16,18-19H2. The Morgan fingerprint density at radius 3 is 2.21 bits per heavy atom. The highest BCUT2D eigenvalue weighted by atomic mass is 16.2. The number of benzene rings is 3. The largest absolute Gasteiger partial charge is 0.355 e. The van der Waals surface area contributed by atoms with E-state index in [1.807, 2.05) is 72.8 Å². The van der Waals surface area contributed by atoms with Crippen LogP contribution in [-0.2, 0) is 6.42 Å². The molecule has 3 aromatic carbocycles. The van der Waals surface area contributed by atoms with Crippen LogP contribution in [0.25, 0.3) is 0 Å². The molecule has 0 radical (unpaired) electrons. The van der Waals surface area contributed by atoms with Gasteiger partial charge in [-0.3, -0.25) is 4.79 Å². The number of rotatable bonds is 8. The van der Waals surface area contributed by atoms with Gasteiger partial charge in [0.25, 0.3) is 5.91 Å². The van der Waals surface area contributed by atoms with Gasteiger partial charge in [0.2, 0.25) is 0 Å². The van der Waals surface area contributed by atoms with Gasteiger partial charge in [0.1, 0.15) is 0 Å². The van der Waals surface area contributed by atoms with Crippen molar-refractivity contribution in [3.05, 3.63) is 96.1 Å². The zero-order valence-corrected chi connectivity index (χ0v) is 15.7. The van der Waals surface area contributed by atoms with Crippen molar-refractivity contribution in [2.75, 3.05) is 18.4 Å². The van der Waals surface area contributed by atoms with Gasteiger partial charge in [-0.25, -0.2) is 0 Å². The summed E-state index contributed by atoms with van der Waals surface area (Å²) in [4.78, 5) is 15.0. The summed E-state index contributed by atoms with van der Waals surface area (Å²) in [5.41, 5.74) is 3.47. The van der Waals surface area contributed by atoms with Crippen LogP contribution in [0.4, 0.5) is 11.4 Å². The van der Waals surface area contributed by atoms with Crippen LogP contribution in [0.5, 0.6) is 0 Å². The first kappa shape index (κ1) is 19.2. The Hall–Kier alpha value is -3.58. The second kappa shape index (κ2) is 9.94. The Morgan fingerprint density at radius 1 is 0.857 bits per heavy atom. The summed E-state index contributed by atoms with van der Waals surface area (Å²) >= 11 is 0. The molecule has 0 bridgehead atoms. The van der Waals surface area contributed by atoms with Crippen LogP contribution in [0.1, 0.15) is 22.3 Å². The number of hydrogen-bond donors (Lipinski definition) is 1. The highest BCUT2D eigenvalue weighted by Crippen LogP contribution is 2.22. The second-order valence-corrected chi connectivity index (χ2v) is 6.47. The van der Waals surface area contributed by atoms with Gasteiger partial charge in [-0.1, -0.05) is 60.7 Å². The van der Waals surface area contributed by atoms with Gasteiger partial charge in [-0.2, -0.15) is 5.26 Å². The van der Waals surface area contributed by atoms with E-state index < -0.39 is 0 Å². The highest BCUT2D eigenvalue weighted by molar-refractivity contribution is 6.00. The van der Waals surface area contributed by atoms with Crippen LogP contribution in [0.2, 0.25) is 0 Å². The van der Waals surface area contributed by atoms with Crippen molar-refractivity contribution in [2.24, 2.45) is 0 Å². The minimum Gasteiger partial charge on any atom is -0.355 e. The highest BCUT2D eigenvalue weighted by Gasteiger charge is 2.18. The number of carbonyl (C=O) groups is 1. The molecule has 4 nitrogen and oxygen atoms in total. The van der Waals surface area contributed by atoms with E-state index in [2.05, 4.69) is 23.5 Å². The monoisotopic (exact) mass is 369 g/mol. The molecule has 1 N–H and O–H groups in total. The lowest BCUT2D eigenvalue weighted by molar-refractivity contribution is 0.0762. The molecular formula is C24H23N3O. The van der Waals surface area contributed by atoms with Crippen LogP contribution in [0.15, 0.2) is 84.9 Å². The van der Waals surface area contributed by atoms with Crippen molar-refractivity contribution in [2.45, 2.75) is 12.8 Å². The molecule has 1 amide bonds. The van der Waals surface area contributed by atoms with Gasteiger partial charge >= 0.3 is 0 Å². The van der Waals surface area contributed by atoms with Gasteiger partial charge in [0, 0.05) is 18.8 Å². The predicted molar refractivity (Wildman–Crippen MR) is 112 cm³/mol. The Bertz CT molecular complexity index is 933. The van der Waals surface area contributed by atoms with Gasteiger partial charge in [-0.15, -0.1) is 0 Å². The first-order chi connectivity index (χ1) is 13.8. The summed E-state index contributed by atoms with van der Waals surface area (Å²) in [7, 11) is 0. The van der Waals surface area contributed by atoms with E-state index in [4.69, 9.17) is 5.26 Å². The average molecular weight is 369 g/mol. The van der Waals surface area contributed by atoms with E-state index in [1.54, 1.807) is 4.90 Å². The van der Waals surface area contributed by atoms with Gasteiger partial charge in [0.05, 0.1) is 23.7 Å². The molecule has 0 saturated carbocycles. The number of para-hydroxylation sites is 2. The molecule has 0 atom stereocenters. The van der Waals surface area contributed by atoms with Crippen LogP contribution in [-0.4, -0.2) is 23.9 Å². The molecule has 0 aliphatic carbocycles. The van der Waals surface area contributed by atoms with Crippen molar-refractivity contribution in [1.29, 1.82) is 5.26 Å². The van der Waals surface area contributed by atoms with Crippen molar-refractivity contribution >= 4 is 17.3 Å². The van der Waals surface area contributed by atoms with E-state index in [0.29, 0.717) is 25.1 Å². The Morgan fingerprint density at radius 2 is 1.50 bits per heavy atom. The summed E-state index contributed by atoms with van der Waals surface area (Å²) in [5.74, 6) is -0.0646. The molecule has 0 aliphatic rings. The zero-order chi connectivity index (χ0) is 19.6. The number of anilines is 2. The van der Waals surface area contributed by atoms with E-state index in [9.17, 15) is 4.79 Å². The van der Waals surface area contributed by atoms with Crippen LogP contribution >= 0.6 is 0 Å². The first-order valence-electron chi connectivity index (χ1n) is 9.39. The number of amides is 1. The molecule has 28 heavy (non-hydrogen) atoms. The van der Waals surface area contributed by atoms with Crippen LogP contribution < -0.4 is 5.32 Å². The third kappa shape index (κ3) is 5.21. The zero-order valence-electron chi connectivity index (χ0n) is 15.7. The molecule has 4 heteroatoms. The summed E-state index contributed by atoms with van der Waals surface area (Å²) in [6.45, 7) is 0.992. The van der Waals surface area contributed by atoms with E-state index in [-0.39, 0.29) is 5.91 Å².